The van der Waals surface area contributed by atoms with Crippen molar-refractivity contribution in [2.24, 2.45) is 0 Å². The van der Waals surface area contributed by atoms with Crippen molar-refractivity contribution in [1.82, 2.24) is 10.3 Å². The van der Waals surface area contributed by atoms with Crippen LogP contribution in [0, 0.1) is 10.1 Å². The molecular weight excluding hydrogens is 542 g/mol. The van der Waals surface area contributed by atoms with E-state index in [1.807, 2.05) is 29.2 Å². The van der Waals surface area contributed by atoms with Gasteiger partial charge in [0.2, 0.25) is 5.91 Å². The monoisotopic (exact) mass is 563 g/mol. The lowest BCUT2D eigenvalue weighted by Gasteiger charge is -2.26. The first-order chi connectivity index (χ1) is 18.9. The highest BCUT2D eigenvalue weighted by atomic mass is 35.5. The number of pyridine rings is 1. The number of thiocarbonyl (C=S) groups is 1. The molecule has 2 N–H and O–H groups in total. The highest BCUT2D eigenvalue weighted by molar-refractivity contribution is 7.80. The molecule has 2 aromatic heterocycles. The molecule has 1 amide bonds. The maximum atomic E-state index is 12.0. The van der Waals surface area contributed by atoms with Crippen LogP contribution in [0.2, 0.25) is 5.02 Å². The Balaban J connectivity index is 1.54. The van der Waals surface area contributed by atoms with Crippen molar-refractivity contribution >= 4 is 51.9 Å². The van der Waals surface area contributed by atoms with Crippen LogP contribution < -0.4 is 15.5 Å². The molecule has 39 heavy (non-hydrogen) atoms. The minimum Gasteiger partial charge on any atom is -0.459 e. The SMILES string of the molecule is COCC(=O)Nc1ccc(N2C(=S)N[C@H](c3ccccn3)[C@H]2c2ccc(-c3cccc([N+](=O)[O-])c3)o2)cc1Cl. The van der Waals surface area contributed by atoms with Gasteiger partial charge in [-0.2, -0.15) is 0 Å². The summed E-state index contributed by atoms with van der Waals surface area (Å²) in [5.41, 5.74) is 2.39. The number of hydrogen-bond acceptors (Lipinski definition) is 7. The molecular formula is C27H22ClN5O5S. The highest BCUT2D eigenvalue weighted by Gasteiger charge is 2.42. The number of halogens is 1. The number of nitro benzene ring substituents is 1. The summed E-state index contributed by atoms with van der Waals surface area (Å²) in [5.74, 6) is 0.705. The standard InChI is InChI=1S/C27H22ClN5O5S/c1-37-15-24(34)30-20-9-8-17(14-19(20)28)32-26(25(31-27(32)39)21-7-2-3-12-29-21)23-11-10-22(38-23)16-5-4-6-18(13-16)33(35)36/h2-14,25-26H,15H2,1H3,(H,30,34)(H,31,39)/t25-,26-/m1/s1. The van der Waals surface area contributed by atoms with Crippen molar-refractivity contribution in [2.75, 3.05) is 23.9 Å². The third kappa shape index (κ3) is 5.46. The topological polar surface area (TPSA) is 123 Å². The van der Waals surface area contributed by atoms with Gasteiger partial charge in [-0.05, 0) is 54.7 Å². The Hall–Kier alpha value is -4.32. The van der Waals surface area contributed by atoms with Crippen molar-refractivity contribution in [3.8, 4) is 11.3 Å². The Morgan fingerprint density at radius 2 is 2.05 bits per heavy atom. The molecule has 0 radical (unpaired) electrons. The van der Waals surface area contributed by atoms with E-state index >= 15 is 0 Å². The Bertz CT molecular complexity index is 1550. The van der Waals surface area contributed by atoms with Crippen molar-refractivity contribution in [2.45, 2.75) is 12.1 Å². The predicted molar refractivity (Wildman–Crippen MR) is 151 cm³/mol. The molecule has 3 heterocycles. The van der Waals surface area contributed by atoms with Crippen LogP contribution in [0.4, 0.5) is 17.1 Å². The highest BCUT2D eigenvalue weighted by Crippen LogP contribution is 2.44. The molecule has 198 valence electrons. The van der Waals surface area contributed by atoms with E-state index in [1.165, 1.54) is 19.2 Å². The number of ether oxygens (including phenoxy) is 1. The number of nitrogens with one attached hydrogen (secondary N) is 2. The summed E-state index contributed by atoms with van der Waals surface area (Å²) < 4.78 is 11.1. The zero-order chi connectivity index (χ0) is 27.5. The molecule has 1 saturated heterocycles. The number of nitro groups is 1. The van der Waals surface area contributed by atoms with Crippen LogP contribution in [-0.4, -0.2) is 34.6 Å². The van der Waals surface area contributed by atoms with Crippen LogP contribution in [0.25, 0.3) is 11.3 Å². The number of aromatic nitrogens is 1. The normalized spacial score (nSPS) is 16.7. The number of benzene rings is 2. The van der Waals surface area contributed by atoms with E-state index in [2.05, 4.69) is 15.6 Å². The second-order valence-corrected chi connectivity index (χ2v) is 9.45. The molecule has 2 aromatic carbocycles. The summed E-state index contributed by atoms with van der Waals surface area (Å²) >= 11 is 12.3. The van der Waals surface area contributed by atoms with E-state index in [4.69, 9.17) is 33.0 Å². The van der Waals surface area contributed by atoms with Gasteiger partial charge in [-0.1, -0.05) is 29.8 Å². The first-order valence-corrected chi connectivity index (χ1v) is 12.6. The van der Waals surface area contributed by atoms with Crippen LogP contribution in [-0.2, 0) is 9.53 Å². The second kappa shape index (κ2) is 11.2. The maximum Gasteiger partial charge on any atom is 0.270 e. The van der Waals surface area contributed by atoms with Crippen LogP contribution in [0.5, 0.6) is 0 Å². The first kappa shape index (κ1) is 26.3. The molecule has 1 aliphatic heterocycles. The van der Waals surface area contributed by atoms with E-state index in [9.17, 15) is 14.9 Å². The molecule has 1 aliphatic rings. The van der Waals surface area contributed by atoms with Crippen molar-refractivity contribution in [3.05, 3.63) is 106 Å². The zero-order valence-electron chi connectivity index (χ0n) is 20.5. The quantitative estimate of drug-likeness (QED) is 0.159. The number of hydrogen-bond donors (Lipinski definition) is 2. The van der Waals surface area contributed by atoms with Gasteiger partial charge in [-0.25, -0.2) is 0 Å². The fourth-order valence-electron chi connectivity index (χ4n) is 4.43. The third-order valence-corrected chi connectivity index (χ3v) is 6.77. The minimum atomic E-state index is -0.468. The van der Waals surface area contributed by atoms with Gasteiger partial charge in [-0.3, -0.25) is 19.9 Å². The van der Waals surface area contributed by atoms with Gasteiger partial charge in [0, 0.05) is 36.7 Å². The van der Waals surface area contributed by atoms with Gasteiger partial charge in [-0.15, -0.1) is 0 Å². The Morgan fingerprint density at radius 1 is 1.21 bits per heavy atom. The second-order valence-electron chi connectivity index (χ2n) is 8.65. The van der Waals surface area contributed by atoms with Crippen LogP contribution in [0.3, 0.4) is 0 Å². The molecule has 4 aromatic rings. The fourth-order valence-corrected chi connectivity index (χ4v) is 5.00. The van der Waals surface area contributed by atoms with E-state index < -0.39 is 11.0 Å². The van der Waals surface area contributed by atoms with Gasteiger partial charge < -0.3 is 24.7 Å². The summed E-state index contributed by atoms with van der Waals surface area (Å²) in [4.78, 5) is 29.2. The van der Waals surface area contributed by atoms with Gasteiger partial charge >= 0.3 is 0 Å². The number of rotatable bonds is 8. The lowest BCUT2D eigenvalue weighted by molar-refractivity contribution is -0.384. The van der Waals surface area contributed by atoms with Crippen LogP contribution in [0.15, 0.2) is 83.4 Å². The molecule has 1 fully saturated rings. The molecule has 10 nitrogen and oxygen atoms in total. The van der Waals surface area contributed by atoms with Crippen molar-refractivity contribution in [3.63, 3.8) is 0 Å². The molecule has 0 saturated carbocycles. The number of anilines is 2. The Kier molecular flexibility index (Phi) is 7.55. The summed E-state index contributed by atoms with van der Waals surface area (Å²) in [6.07, 6.45) is 1.70. The molecule has 0 unspecified atom stereocenters. The number of amides is 1. The molecule has 0 bridgehead atoms. The summed E-state index contributed by atoms with van der Waals surface area (Å²) in [5, 5.41) is 18.1. The maximum absolute atomic E-state index is 12.0. The number of methoxy groups -OCH3 is 1. The number of non-ortho nitro benzene ring substituents is 1. The average molecular weight is 564 g/mol. The molecule has 2 atom stereocenters. The number of nitrogens with zero attached hydrogens (tertiary/aromatic N) is 3. The summed E-state index contributed by atoms with van der Waals surface area (Å²) in [6.45, 7) is -0.0998. The van der Waals surface area contributed by atoms with E-state index in [0.717, 1.165) is 5.69 Å². The van der Waals surface area contributed by atoms with Gasteiger partial charge in [0.15, 0.2) is 5.11 Å². The molecule has 0 spiro atoms. The minimum absolute atomic E-state index is 0.0329. The summed E-state index contributed by atoms with van der Waals surface area (Å²) in [7, 11) is 1.43. The average Bonchev–Trinajstić information content (AvgIpc) is 3.55. The zero-order valence-corrected chi connectivity index (χ0v) is 22.1. The molecule has 12 heteroatoms. The van der Waals surface area contributed by atoms with Gasteiger partial charge in [0.25, 0.3) is 5.69 Å². The largest absolute Gasteiger partial charge is 0.459 e. The molecule has 0 aliphatic carbocycles. The lowest BCUT2D eigenvalue weighted by atomic mass is 10.0. The van der Waals surface area contributed by atoms with Gasteiger partial charge in [0.1, 0.15) is 24.2 Å². The first-order valence-electron chi connectivity index (χ1n) is 11.8. The number of carbonyl (C=O) groups is 1. The van der Waals surface area contributed by atoms with Crippen LogP contribution in [0.1, 0.15) is 23.5 Å². The van der Waals surface area contributed by atoms with E-state index in [-0.39, 0.29) is 24.2 Å². The predicted octanol–water partition coefficient (Wildman–Crippen LogP) is 5.67. The summed E-state index contributed by atoms with van der Waals surface area (Å²) in [6, 6.07) is 19.8. The molecule has 5 rings (SSSR count). The fraction of sp³-hybridized carbons (Fsp3) is 0.148. The van der Waals surface area contributed by atoms with Crippen LogP contribution >= 0.6 is 23.8 Å². The lowest BCUT2D eigenvalue weighted by Crippen LogP contribution is -2.29. The Labute approximate surface area is 233 Å². The third-order valence-electron chi connectivity index (χ3n) is 6.14. The van der Waals surface area contributed by atoms with E-state index in [1.54, 1.807) is 42.6 Å². The number of furan rings is 1. The smallest absolute Gasteiger partial charge is 0.270 e. The number of carbonyl (C=O) groups excluding carboxylic acids is 1. The van der Waals surface area contributed by atoms with Crippen molar-refractivity contribution < 1.29 is 18.9 Å². The van der Waals surface area contributed by atoms with Crippen molar-refractivity contribution in [1.29, 1.82) is 0 Å². The van der Waals surface area contributed by atoms with E-state index in [0.29, 0.717) is 38.6 Å². The Morgan fingerprint density at radius 3 is 2.77 bits per heavy atom. The van der Waals surface area contributed by atoms with Gasteiger partial charge in [0.05, 0.1) is 27.4 Å².